The monoisotopic (exact) mass is 268 g/mol. The number of nitrogens with zero attached hydrogens (tertiary/aromatic N) is 2. The Morgan fingerprint density at radius 3 is 2.68 bits per heavy atom. The second-order valence-corrected chi connectivity index (χ2v) is 3.88. The molecule has 1 aromatic heterocycles. The first-order chi connectivity index (χ1) is 9.02. The highest BCUT2D eigenvalue weighted by Gasteiger charge is 2.20. The molecule has 0 spiro atoms. The van der Waals surface area contributed by atoms with Crippen LogP contribution in [0.25, 0.3) is 11.5 Å². The summed E-state index contributed by atoms with van der Waals surface area (Å²) in [6.45, 7) is 1.91. The molecule has 100 valence electrons. The molecule has 0 fully saturated rings. The minimum Gasteiger partial charge on any atom is -0.478 e. The molecule has 5 nitrogen and oxygen atoms in total. The molecule has 0 unspecified atom stereocenters. The lowest BCUT2D eigenvalue weighted by atomic mass is 10.1. The van der Waals surface area contributed by atoms with Crippen molar-refractivity contribution >= 4 is 5.97 Å². The summed E-state index contributed by atoms with van der Waals surface area (Å²) in [6, 6.07) is 1.33. The van der Waals surface area contributed by atoms with E-state index in [4.69, 9.17) is 9.63 Å². The second-order valence-electron chi connectivity index (χ2n) is 3.88. The Bertz CT molecular complexity index is 625. The number of carboxylic acids is 1. The maximum atomic E-state index is 13.2. The Kier molecular flexibility index (Phi) is 3.55. The van der Waals surface area contributed by atoms with Gasteiger partial charge in [-0.05, 0) is 18.6 Å². The van der Waals surface area contributed by atoms with Crippen LogP contribution in [0.5, 0.6) is 0 Å². The van der Waals surface area contributed by atoms with Gasteiger partial charge in [-0.2, -0.15) is 4.98 Å². The maximum absolute atomic E-state index is 13.2. The molecule has 19 heavy (non-hydrogen) atoms. The molecule has 1 N–H and O–H groups in total. The fraction of sp³-hybridized carbons (Fsp3) is 0.250. The van der Waals surface area contributed by atoms with Crippen LogP contribution in [0.2, 0.25) is 0 Å². The molecule has 0 bridgehead atoms. The van der Waals surface area contributed by atoms with Crippen molar-refractivity contribution in [1.82, 2.24) is 10.1 Å². The van der Waals surface area contributed by atoms with Gasteiger partial charge in [0.25, 0.3) is 5.89 Å². The van der Waals surface area contributed by atoms with E-state index in [0.717, 1.165) is 12.5 Å². The number of aromatic carboxylic acids is 1. The molecule has 0 aliphatic heterocycles. The van der Waals surface area contributed by atoms with Gasteiger partial charge in [0.05, 0.1) is 11.1 Å². The van der Waals surface area contributed by atoms with Gasteiger partial charge in [-0.3, -0.25) is 0 Å². The minimum absolute atomic E-state index is 0.138. The summed E-state index contributed by atoms with van der Waals surface area (Å²) in [4.78, 5) is 15.0. The lowest BCUT2D eigenvalue weighted by molar-refractivity contribution is 0.0696. The fourth-order valence-electron chi connectivity index (χ4n) is 1.59. The Hall–Kier alpha value is -2.31. The van der Waals surface area contributed by atoms with Crippen molar-refractivity contribution in [2.45, 2.75) is 19.8 Å². The highest BCUT2D eigenvalue weighted by atomic mass is 19.2. The van der Waals surface area contributed by atoms with Gasteiger partial charge < -0.3 is 9.63 Å². The van der Waals surface area contributed by atoms with E-state index in [1.54, 1.807) is 0 Å². The number of carboxylic acid groups (broad SMARTS) is 1. The average molecular weight is 268 g/mol. The minimum atomic E-state index is -1.40. The van der Waals surface area contributed by atoms with Gasteiger partial charge in [0, 0.05) is 6.42 Å². The van der Waals surface area contributed by atoms with Crippen LogP contribution in [0.3, 0.4) is 0 Å². The molecule has 0 aliphatic carbocycles. The first-order valence-corrected chi connectivity index (χ1v) is 5.58. The fourth-order valence-corrected chi connectivity index (χ4v) is 1.59. The number of halogens is 2. The van der Waals surface area contributed by atoms with Gasteiger partial charge in [0.1, 0.15) is 0 Å². The third-order valence-corrected chi connectivity index (χ3v) is 2.46. The second kappa shape index (κ2) is 5.13. The summed E-state index contributed by atoms with van der Waals surface area (Å²) in [5, 5.41) is 12.6. The highest BCUT2D eigenvalue weighted by Crippen LogP contribution is 2.25. The van der Waals surface area contributed by atoms with E-state index in [1.807, 2.05) is 6.92 Å². The molecule has 0 saturated heterocycles. The lowest BCUT2D eigenvalue weighted by Crippen LogP contribution is -2.02. The van der Waals surface area contributed by atoms with E-state index in [-0.39, 0.29) is 11.5 Å². The molecule has 2 rings (SSSR count). The summed E-state index contributed by atoms with van der Waals surface area (Å²) in [5.41, 5.74) is -0.563. The largest absolute Gasteiger partial charge is 0.478 e. The van der Waals surface area contributed by atoms with Crippen LogP contribution in [0.15, 0.2) is 16.7 Å². The molecule has 1 heterocycles. The zero-order valence-electron chi connectivity index (χ0n) is 9.98. The molecule has 1 aromatic carbocycles. The van der Waals surface area contributed by atoms with Crippen molar-refractivity contribution in [1.29, 1.82) is 0 Å². The van der Waals surface area contributed by atoms with Gasteiger partial charge in [-0.1, -0.05) is 12.1 Å². The Morgan fingerprint density at radius 2 is 2.05 bits per heavy atom. The van der Waals surface area contributed by atoms with E-state index in [2.05, 4.69) is 10.1 Å². The Morgan fingerprint density at radius 1 is 1.37 bits per heavy atom. The number of aromatic nitrogens is 2. The Labute approximate surface area is 106 Å². The van der Waals surface area contributed by atoms with Gasteiger partial charge in [-0.15, -0.1) is 0 Å². The van der Waals surface area contributed by atoms with Gasteiger partial charge in [0.15, 0.2) is 17.5 Å². The average Bonchev–Trinajstić information content (AvgIpc) is 2.81. The predicted octanol–water partition coefficient (Wildman–Crippen LogP) is 2.67. The number of benzene rings is 1. The zero-order chi connectivity index (χ0) is 14.0. The third kappa shape index (κ3) is 2.59. The normalized spacial score (nSPS) is 10.7. The van der Waals surface area contributed by atoms with Crippen molar-refractivity contribution in [3.8, 4) is 11.5 Å². The van der Waals surface area contributed by atoms with E-state index in [9.17, 15) is 13.6 Å². The number of aryl methyl sites for hydroxylation is 1. The van der Waals surface area contributed by atoms with Crippen LogP contribution in [-0.4, -0.2) is 21.2 Å². The standard InChI is InChI=1S/C12H10F2N2O3/c1-2-3-10-15-11(19-16-10)6-4-8(13)9(14)5-7(6)12(17)18/h4-5H,2-3H2,1H3,(H,17,18). The van der Waals surface area contributed by atoms with E-state index < -0.39 is 23.2 Å². The molecule has 2 aromatic rings. The molecular formula is C12H10F2N2O3. The molecule has 0 saturated carbocycles. The summed E-state index contributed by atoms with van der Waals surface area (Å²) in [6.07, 6.45) is 1.33. The molecule has 0 atom stereocenters. The van der Waals surface area contributed by atoms with Gasteiger partial charge in [-0.25, -0.2) is 13.6 Å². The first kappa shape index (κ1) is 13.1. The van der Waals surface area contributed by atoms with Crippen molar-refractivity contribution in [3.05, 3.63) is 35.2 Å². The molecule has 0 amide bonds. The number of rotatable bonds is 4. The predicted molar refractivity (Wildman–Crippen MR) is 60.6 cm³/mol. The van der Waals surface area contributed by atoms with Crippen molar-refractivity contribution < 1.29 is 23.2 Å². The number of hydrogen-bond donors (Lipinski definition) is 1. The zero-order valence-corrected chi connectivity index (χ0v) is 9.98. The van der Waals surface area contributed by atoms with Crippen LogP contribution < -0.4 is 0 Å². The molecular weight excluding hydrogens is 258 g/mol. The molecule has 0 radical (unpaired) electrons. The third-order valence-electron chi connectivity index (χ3n) is 2.46. The van der Waals surface area contributed by atoms with E-state index in [0.29, 0.717) is 18.3 Å². The van der Waals surface area contributed by atoms with Gasteiger partial charge in [0.2, 0.25) is 0 Å². The van der Waals surface area contributed by atoms with E-state index >= 15 is 0 Å². The van der Waals surface area contributed by atoms with Gasteiger partial charge >= 0.3 is 5.97 Å². The quantitative estimate of drug-likeness (QED) is 0.922. The lowest BCUT2D eigenvalue weighted by Gasteiger charge is -2.02. The van der Waals surface area contributed by atoms with Crippen LogP contribution in [-0.2, 0) is 6.42 Å². The maximum Gasteiger partial charge on any atom is 0.336 e. The SMILES string of the molecule is CCCc1noc(-c2cc(F)c(F)cc2C(=O)O)n1. The van der Waals surface area contributed by atoms with Crippen molar-refractivity contribution in [3.63, 3.8) is 0 Å². The summed E-state index contributed by atoms with van der Waals surface area (Å²) in [5.74, 6) is -3.56. The highest BCUT2D eigenvalue weighted by molar-refractivity contribution is 5.94. The molecule has 7 heteroatoms. The smallest absolute Gasteiger partial charge is 0.336 e. The van der Waals surface area contributed by atoms with Crippen molar-refractivity contribution in [2.24, 2.45) is 0 Å². The van der Waals surface area contributed by atoms with E-state index in [1.165, 1.54) is 0 Å². The first-order valence-electron chi connectivity index (χ1n) is 5.58. The number of hydrogen-bond acceptors (Lipinski definition) is 4. The summed E-state index contributed by atoms with van der Waals surface area (Å²) < 4.78 is 31.1. The van der Waals surface area contributed by atoms with Crippen LogP contribution >= 0.6 is 0 Å². The molecule has 0 aliphatic rings. The topological polar surface area (TPSA) is 76.2 Å². The van der Waals surface area contributed by atoms with Crippen LogP contribution in [0.4, 0.5) is 8.78 Å². The summed E-state index contributed by atoms with van der Waals surface area (Å²) in [7, 11) is 0. The van der Waals surface area contributed by atoms with Crippen LogP contribution in [0, 0.1) is 11.6 Å². The van der Waals surface area contributed by atoms with Crippen LogP contribution in [0.1, 0.15) is 29.5 Å². The van der Waals surface area contributed by atoms with Crippen molar-refractivity contribution in [2.75, 3.05) is 0 Å². The Balaban J connectivity index is 2.53. The number of carbonyl (C=O) groups is 1. The summed E-state index contributed by atoms with van der Waals surface area (Å²) >= 11 is 0.